The topological polar surface area (TPSA) is 67.6 Å². The minimum absolute atomic E-state index is 0.338. The van der Waals surface area contributed by atoms with E-state index in [4.69, 9.17) is 9.26 Å². The third-order valence-corrected chi connectivity index (χ3v) is 4.77. The Bertz CT molecular complexity index is 1030. The molecule has 6 nitrogen and oxygen atoms in total. The van der Waals surface area contributed by atoms with Gasteiger partial charge in [-0.15, -0.1) is 0 Å². The molecule has 0 spiro atoms. The molecule has 0 bridgehead atoms. The average molecular weight is 353 g/mol. The number of benzene rings is 2. The van der Waals surface area contributed by atoms with Crippen LogP contribution in [0.15, 0.2) is 53.1 Å². The summed E-state index contributed by atoms with van der Waals surface area (Å²) >= 11 is 1.41. The molecular weight excluding hydrogens is 338 g/mol. The number of amides is 1. The predicted molar refractivity (Wildman–Crippen MR) is 99.8 cm³/mol. The van der Waals surface area contributed by atoms with E-state index in [1.807, 2.05) is 61.5 Å². The van der Waals surface area contributed by atoms with Gasteiger partial charge in [0, 0.05) is 24.9 Å². The van der Waals surface area contributed by atoms with Gasteiger partial charge in [0.15, 0.2) is 16.5 Å². The highest BCUT2D eigenvalue weighted by molar-refractivity contribution is 7.20. The Labute approximate surface area is 147 Å². The molecule has 0 saturated carbocycles. The average Bonchev–Trinajstić information content (AvgIpc) is 3.18. The van der Waals surface area contributed by atoms with Gasteiger partial charge in [-0.25, -0.2) is 4.79 Å². The fourth-order valence-electron chi connectivity index (χ4n) is 2.65. The summed E-state index contributed by atoms with van der Waals surface area (Å²) in [5.74, 6) is 0.338. The summed E-state index contributed by atoms with van der Waals surface area (Å²) in [5.41, 5.74) is 1.50. The van der Waals surface area contributed by atoms with Crippen LogP contribution in [-0.4, -0.2) is 25.3 Å². The number of carbonyl (C=O) groups excluding carboxylic acids is 1. The van der Waals surface area contributed by atoms with Crippen LogP contribution in [0.2, 0.25) is 0 Å². The molecule has 2 aromatic carbocycles. The molecule has 1 amide bonds. The number of carbonyl (C=O) groups is 1. The van der Waals surface area contributed by atoms with Crippen LogP contribution in [0.25, 0.3) is 21.1 Å². The summed E-state index contributed by atoms with van der Waals surface area (Å²) < 4.78 is 11.8. The highest BCUT2D eigenvalue weighted by atomic mass is 32.1. The lowest BCUT2D eigenvalue weighted by atomic mass is 10.2. The monoisotopic (exact) mass is 353 g/mol. The third-order valence-electron chi connectivity index (χ3n) is 3.77. The Kier molecular flexibility index (Phi) is 3.77. The number of rotatable bonds is 3. The Morgan fingerprint density at radius 1 is 1.20 bits per heavy atom. The van der Waals surface area contributed by atoms with Crippen molar-refractivity contribution in [3.8, 4) is 5.06 Å². The molecule has 4 aromatic rings. The summed E-state index contributed by atoms with van der Waals surface area (Å²) in [5, 5.41) is 8.92. The molecule has 2 aromatic heterocycles. The van der Waals surface area contributed by atoms with E-state index in [0.717, 1.165) is 21.2 Å². The van der Waals surface area contributed by atoms with Gasteiger partial charge in [0.2, 0.25) is 0 Å². The second kappa shape index (κ2) is 6.10. The maximum atomic E-state index is 12.3. The Morgan fingerprint density at radius 2 is 2.04 bits per heavy atom. The van der Waals surface area contributed by atoms with Crippen molar-refractivity contribution in [3.63, 3.8) is 0 Å². The molecular formula is C18H15N3O3S. The molecule has 4 rings (SSSR count). The number of hydrogen-bond acceptors (Lipinski definition) is 6. The van der Waals surface area contributed by atoms with Crippen molar-refractivity contribution in [1.82, 2.24) is 5.16 Å². The smallest absolute Gasteiger partial charge is 0.399 e. The molecule has 126 valence electrons. The molecule has 0 unspecified atom stereocenters. The van der Waals surface area contributed by atoms with Gasteiger partial charge in [0.25, 0.3) is 0 Å². The minimum Gasteiger partial charge on any atom is -0.399 e. The number of anilines is 2. The van der Waals surface area contributed by atoms with E-state index >= 15 is 0 Å². The minimum atomic E-state index is -0.602. The van der Waals surface area contributed by atoms with Crippen molar-refractivity contribution in [1.29, 1.82) is 0 Å². The van der Waals surface area contributed by atoms with Gasteiger partial charge in [-0.05, 0) is 23.6 Å². The summed E-state index contributed by atoms with van der Waals surface area (Å²) in [4.78, 5) is 14.2. The van der Waals surface area contributed by atoms with Crippen molar-refractivity contribution < 1.29 is 14.1 Å². The molecule has 7 heteroatoms. The van der Waals surface area contributed by atoms with Crippen LogP contribution in [0.4, 0.5) is 16.3 Å². The first-order chi connectivity index (χ1) is 12.1. The molecule has 0 aliphatic rings. The van der Waals surface area contributed by atoms with Gasteiger partial charge in [0.05, 0.1) is 11.1 Å². The van der Waals surface area contributed by atoms with Crippen LogP contribution in [0.1, 0.15) is 0 Å². The molecule has 25 heavy (non-hydrogen) atoms. The van der Waals surface area contributed by atoms with E-state index in [1.165, 1.54) is 11.3 Å². The first-order valence-corrected chi connectivity index (χ1v) is 8.46. The number of thiophene rings is 1. The summed E-state index contributed by atoms with van der Waals surface area (Å²) in [6, 6.07) is 15.3. The molecule has 0 fully saturated rings. The first-order valence-electron chi connectivity index (χ1n) is 7.65. The number of hydrogen-bond donors (Lipinski definition) is 1. The van der Waals surface area contributed by atoms with Gasteiger partial charge in [-0.1, -0.05) is 40.8 Å². The van der Waals surface area contributed by atoms with Crippen molar-refractivity contribution in [2.24, 2.45) is 0 Å². The van der Waals surface area contributed by atoms with Crippen LogP contribution in [-0.2, 0) is 0 Å². The lowest BCUT2D eigenvalue weighted by Crippen LogP contribution is -2.17. The van der Waals surface area contributed by atoms with Gasteiger partial charge >= 0.3 is 6.09 Å². The molecule has 0 aliphatic carbocycles. The normalized spacial score (nSPS) is 11.0. The zero-order valence-corrected chi connectivity index (χ0v) is 14.5. The van der Waals surface area contributed by atoms with Crippen molar-refractivity contribution in [2.75, 3.05) is 24.3 Å². The van der Waals surface area contributed by atoms with E-state index in [9.17, 15) is 4.79 Å². The zero-order chi connectivity index (χ0) is 17.4. The molecule has 0 saturated heterocycles. The van der Waals surface area contributed by atoms with Crippen LogP contribution in [0, 0.1) is 0 Å². The summed E-state index contributed by atoms with van der Waals surface area (Å²) in [6.45, 7) is 0. The summed E-state index contributed by atoms with van der Waals surface area (Å²) in [6.07, 6.45) is -0.602. The number of aromatic nitrogens is 1. The fraction of sp³-hybridized carbons (Fsp3) is 0.111. The Hall–Kier alpha value is -3.06. The number of ether oxygens (including phenoxy) is 1. The molecule has 0 radical (unpaired) electrons. The lowest BCUT2D eigenvalue weighted by Gasteiger charge is -2.13. The van der Waals surface area contributed by atoms with E-state index in [1.54, 1.807) is 6.07 Å². The van der Waals surface area contributed by atoms with Crippen molar-refractivity contribution in [2.45, 2.75) is 0 Å². The molecule has 2 heterocycles. The standard InChI is InChI=1S/C18H15N3O3S/c1-21(2)12-7-5-8-13-16(12)17(20-24-13)19-18(22)23-15-10-11-6-3-4-9-14(11)25-15/h3-10H,1-2H3,(H,19,20,22). The van der Waals surface area contributed by atoms with Gasteiger partial charge in [-0.3, -0.25) is 5.32 Å². The SMILES string of the molecule is CN(C)c1cccc2onc(NC(=O)Oc3cc4ccccc4s3)c12. The van der Waals surface area contributed by atoms with Crippen LogP contribution in [0.5, 0.6) is 5.06 Å². The maximum absolute atomic E-state index is 12.3. The van der Waals surface area contributed by atoms with Gasteiger partial charge < -0.3 is 14.2 Å². The zero-order valence-electron chi connectivity index (χ0n) is 13.6. The highest BCUT2D eigenvalue weighted by Crippen LogP contribution is 2.33. The first kappa shape index (κ1) is 15.5. The third kappa shape index (κ3) is 2.89. The van der Waals surface area contributed by atoms with E-state index in [2.05, 4.69) is 10.5 Å². The highest BCUT2D eigenvalue weighted by Gasteiger charge is 2.17. The Morgan fingerprint density at radius 3 is 2.84 bits per heavy atom. The Balaban J connectivity index is 1.59. The molecule has 0 atom stereocenters. The largest absolute Gasteiger partial charge is 0.419 e. The van der Waals surface area contributed by atoms with Gasteiger partial charge in [-0.2, -0.15) is 0 Å². The quantitative estimate of drug-likeness (QED) is 0.577. The van der Waals surface area contributed by atoms with Crippen LogP contribution < -0.4 is 15.0 Å². The lowest BCUT2D eigenvalue weighted by molar-refractivity contribution is 0.216. The van der Waals surface area contributed by atoms with Crippen molar-refractivity contribution >= 4 is 50.0 Å². The predicted octanol–water partition coefficient (Wildman–Crippen LogP) is 4.72. The van der Waals surface area contributed by atoms with E-state index in [-0.39, 0.29) is 0 Å². The summed E-state index contributed by atoms with van der Waals surface area (Å²) in [7, 11) is 3.84. The second-order valence-electron chi connectivity index (χ2n) is 5.69. The second-order valence-corrected chi connectivity index (χ2v) is 6.74. The maximum Gasteiger partial charge on any atom is 0.419 e. The van der Waals surface area contributed by atoms with E-state index in [0.29, 0.717) is 16.5 Å². The number of nitrogens with one attached hydrogen (secondary N) is 1. The van der Waals surface area contributed by atoms with Gasteiger partial charge in [0.1, 0.15) is 0 Å². The van der Waals surface area contributed by atoms with Crippen molar-refractivity contribution in [3.05, 3.63) is 48.5 Å². The van der Waals surface area contributed by atoms with Crippen LogP contribution in [0.3, 0.4) is 0 Å². The van der Waals surface area contributed by atoms with E-state index < -0.39 is 6.09 Å². The number of nitrogens with zero attached hydrogens (tertiary/aromatic N) is 2. The fourth-order valence-corrected chi connectivity index (χ4v) is 3.56. The number of fused-ring (bicyclic) bond motifs is 2. The van der Waals surface area contributed by atoms with Crippen LogP contribution >= 0.6 is 11.3 Å². The molecule has 0 aliphatic heterocycles. The molecule has 1 N–H and O–H groups in total.